The number of carbonyl (C=O) groups is 2. The van der Waals surface area contributed by atoms with Crippen molar-refractivity contribution in [2.24, 2.45) is 0 Å². The SMILES string of the molecule is O=C(O)CC(=O)OCC1O[C@@H](Oc2cc(O)c3c(=O)c(-c4ccc(O)cc4)coc3c2)C(O)C(O)[C@H]1O. The van der Waals surface area contributed by atoms with Crippen LogP contribution in [0, 0.1) is 0 Å². The van der Waals surface area contributed by atoms with Crippen LogP contribution >= 0.6 is 0 Å². The molecule has 4 rings (SSSR count). The average Bonchev–Trinajstić information content (AvgIpc) is 2.84. The van der Waals surface area contributed by atoms with E-state index in [0.717, 1.165) is 12.3 Å². The molecule has 1 aliphatic heterocycles. The molecule has 3 aromatic rings. The van der Waals surface area contributed by atoms with Crippen molar-refractivity contribution in [2.45, 2.75) is 37.1 Å². The summed E-state index contributed by atoms with van der Waals surface area (Å²) in [6.07, 6.45) is -8.04. The fourth-order valence-electron chi connectivity index (χ4n) is 3.75. The minimum atomic E-state index is -1.79. The highest BCUT2D eigenvalue weighted by atomic mass is 16.7. The summed E-state index contributed by atoms with van der Waals surface area (Å²) in [6.45, 7) is -0.644. The number of carboxylic acid groups (broad SMARTS) is 1. The smallest absolute Gasteiger partial charge is 0.317 e. The van der Waals surface area contributed by atoms with Crippen LogP contribution in [0.5, 0.6) is 17.2 Å². The zero-order valence-corrected chi connectivity index (χ0v) is 18.9. The first kappa shape index (κ1) is 25.9. The molecule has 37 heavy (non-hydrogen) atoms. The first-order valence-electron chi connectivity index (χ1n) is 10.9. The molecule has 0 amide bonds. The van der Waals surface area contributed by atoms with Gasteiger partial charge in [0.1, 0.15) is 71.9 Å². The van der Waals surface area contributed by atoms with E-state index in [2.05, 4.69) is 0 Å². The van der Waals surface area contributed by atoms with Crippen molar-refractivity contribution in [3.8, 4) is 28.4 Å². The fourth-order valence-corrected chi connectivity index (χ4v) is 3.75. The van der Waals surface area contributed by atoms with E-state index in [-0.39, 0.29) is 28.0 Å². The highest BCUT2D eigenvalue weighted by Gasteiger charge is 2.45. The van der Waals surface area contributed by atoms with Gasteiger partial charge in [-0.2, -0.15) is 0 Å². The zero-order chi connectivity index (χ0) is 26.9. The third-order valence-electron chi connectivity index (χ3n) is 5.63. The first-order chi connectivity index (χ1) is 17.5. The number of aliphatic carboxylic acids is 1. The molecule has 0 bridgehead atoms. The number of carbonyl (C=O) groups excluding carboxylic acids is 1. The number of aliphatic hydroxyl groups is 3. The Morgan fingerprint density at radius 3 is 2.35 bits per heavy atom. The Bertz CT molecular complexity index is 1360. The molecule has 5 atom stereocenters. The lowest BCUT2D eigenvalue weighted by atomic mass is 9.99. The lowest BCUT2D eigenvalue weighted by molar-refractivity contribution is -0.278. The van der Waals surface area contributed by atoms with Gasteiger partial charge in [0.05, 0.1) is 5.56 Å². The Labute approximate surface area is 207 Å². The third-order valence-corrected chi connectivity index (χ3v) is 5.63. The maximum atomic E-state index is 13.0. The van der Waals surface area contributed by atoms with Crippen molar-refractivity contribution < 1.29 is 58.9 Å². The van der Waals surface area contributed by atoms with Crippen LogP contribution in [0.1, 0.15) is 6.42 Å². The Morgan fingerprint density at radius 1 is 0.973 bits per heavy atom. The Balaban J connectivity index is 1.56. The second kappa shape index (κ2) is 10.4. The topological polar surface area (TPSA) is 213 Å². The van der Waals surface area contributed by atoms with Crippen molar-refractivity contribution in [3.63, 3.8) is 0 Å². The van der Waals surface area contributed by atoms with Gasteiger partial charge in [0.2, 0.25) is 11.7 Å². The van der Waals surface area contributed by atoms with Gasteiger partial charge in [-0.3, -0.25) is 14.4 Å². The van der Waals surface area contributed by atoms with Gasteiger partial charge in [0.25, 0.3) is 0 Å². The molecule has 1 fully saturated rings. The minimum Gasteiger partial charge on any atom is -0.508 e. The number of ether oxygens (including phenoxy) is 3. The normalized spacial score (nSPS) is 23.5. The molecule has 0 radical (unpaired) electrons. The van der Waals surface area contributed by atoms with E-state index in [1.165, 1.54) is 30.3 Å². The van der Waals surface area contributed by atoms with Crippen LogP contribution in [0.2, 0.25) is 0 Å². The van der Waals surface area contributed by atoms with E-state index in [9.17, 15) is 39.9 Å². The van der Waals surface area contributed by atoms with E-state index in [0.29, 0.717) is 5.56 Å². The van der Waals surface area contributed by atoms with E-state index < -0.39 is 66.9 Å². The number of aromatic hydroxyl groups is 2. The van der Waals surface area contributed by atoms with Gasteiger partial charge in [-0.1, -0.05) is 12.1 Å². The van der Waals surface area contributed by atoms with Crippen LogP contribution in [-0.4, -0.2) is 79.9 Å². The molecule has 0 spiro atoms. The summed E-state index contributed by atoms with van der Waals surface area (Å²) in [6, 6.07) is 8.05. The van der Waals surface area contributed by atoms with Crippen molar-refractivity contribution in [1.82, 2.24) is 0 Å². The van der Waals surface area contributed by atoms with Gasteiger partial charge in [-0.25, -0.2) is 0 Å². The summed E-state index contributed by atoms with van der Waals surface area (Å²) < 4.78 is 21.2. The van der Waals surface area contributed by atoms with Crippen LogP contribution in [0.4, 0.5) is 0 Å². The summed E-state index contributed by atoms with van der Waals surface area (Å²) >= 11 is 0. The molecule has 196 valence electrons. The number of phenols is 2. The maximum Gasteiger partial charge on any atom is 0.317 e. The van der Waals surface area contributed by atoms with Gasteiger partial charge in [-0.05, 0) is 17.7 Å². The summed E-state index contributed by atoms with van der Waals surface area (Å²) in [5.41, 5.74) is -0.0752. The van der Waals surface area contributed by atoms with Crippen LogP contribution in [0.25, 0.3) is 22.1 Å². The zero-order valence-electron chi connectivity index (χ0n) is 18.9. The molecular formula is C24H22O13. The predicted octanol–water partition coefficient (Wildman–Crippen LogP) is 0.0755. The largest absolute Gasteiger partial charge is 0.508 e. The number of hydrogen-bond donors (Lipinski definition) is 6. The molecule has 1 aliphatic rings. The van der Waals surface area contributed by atoms with Gasteiger partial charge in [0, 0.05) is 12.1 Å². The molecule has 2 heterocycles. The third kappa shape index (κ3) is 5.49. The Hall–Kier alpha value is -4.17. The predicted molar refractivity (Wildman–Crippen MR) is 122 cm³/mol. The Kier molecular flexibility index (Phi) is 7.31. The number of fused-ring (bicyclic) bond motifs is 1. The number of aliphatic hydroxyl groups excluding tert-OH is 3. The van der Waals surface area contributed by atoms with Crippen LogP contribution in [0.3, 0.4) is 0 Å². The van der Waals surface area contributed by atoms with Gasteiger partial charge < -0.3 is 49.3 Å². The maximum absolute atomic E-state index is 13.0. The standard InChI is InChI=1S/C24H22O13/c25-11-3-1-10(2-4-11)13-8-34-15-6-12(5-14(26)19(15)20(13)30)36-24-23(33)22(32)21(31)16(37-24)9-35-18(29)7-17(27)28/h1-6,8,16,21-26,31-33H,7,9H2,(H,27,28)/t16?,21-,22?,23?,24+/m0/s1. The number of esters is 1. The van der Waals surface area contributed by atoms with Crippen molar-refractivity contribution in [2.75, 3.05) is 6.61 Å². The molecule has 1 saturated heterocycles. The second-order valence-electron chi connectivity index (χ2n) is 8.23. The molecule has 1 aromatic heterocycles. The van der Waals surface area contributed by atoms with Gasteiger partial charge in [-0.15, -0.1) is 0 Å². The quantitative estimate of drug-likeness (QED) is 0.181. The van der Waals surface area contributed by atoms with E-state index >= 15 is 0 Å². The fraction of sp³-hybridized carbons (Fsp3) is 0.292. The van der Waals surface area contributed by atoms with Crippen LogP contribution in [0.15, 0.2) is 51.9 Å². The Morgan fingerprint density at radius 2 is 1.68 bits per heavy atom. The summed E-state index contributed by atoms with van der Waals surface area (Å²) in [4.78, 5) is 35.0. The van der Waals surface area contributed by atoms with E-state index in [1.807, 2.05) is 0 Å². The van der Waals surface area contributed by atoms with Crippen molar-refractivity contribution in [1.29, 1.82) is 0 Å². The highest BCUT2D eigenvalue weighted by molar-refractivity contribution is 5.90. The van der Waals surface area contributed by atoms with Gasteiger partial charge in [0.15, 0.2) is 0 Å². The second-order valence-corrected chi connectivity index (χ2v) is 8.23. The average molecular weight is 518 g/mol. The van der Waals surface area contributed by atoms with E-state index in [1.54, 1.807) is 0 Å². The first-order valence-corrected chi connectivity index (χ1v) is 10.9. The summed E-state index contributed by atoms with van der Waals surface area (Å²) in [7, 11) is 0. The lowest BCUT2D eigenvalue weighted by Gasteiger charge is -2.39. The summed E-state index contributed by atoms with van der Waals surface area (Å²) in [5, 5.41) is 59.0. The molecule has 6 N–H and O–H groups in total. The molecule has 0 saturated carbocycles. The van der Waals surface area contributed by atoms with Crippen LogP contribution < -0.4 is 10.2 Å². The monoisotopic (exact) mass is 518 g/mol. The van der Waals surface area contributed by atoms with Crippen molar-refractivity contribution in [3.05, 3.63) is 52.9 Å². The molecule has 0 aliphatic carbocycles. The number of carboxylic acids is 1. The number of benzene rings is 2. The number of phenolic OH excluding ortho intramolecular Hbond substituents is 2. The van der Waals surface area contributed by atoms with E-state index in [4.69, 9.17) is 23.7 Å². The minimum absolute atomic E-state index is 0.00369. The number of rotatable bonds is 7. The molecule has 13 nitrogen and oxygen atoms in total. The van der Waals surface area contributed by atoms with Gasteiger partial charge >= 0.3 is 11.9 Å². The molecule has 13 heteroatoms. The van der Waals surface area contributed by atoms with Crippen molar-refractivity contribution >= 4 is 22.9 Å². The van der Waals surface area contributed by atoms with Crippen LogP contribution in [-0.2, 0) is 19.1 Å². The molecular weight excluding hydrogens is 496 g/mol. The molecule has 2 aromatic carbocycles. The highest BCUT2D eigenvalue weighted by Crippen LogP contribution is 2.33. The molecule has 3 unspecified atom stereocenters. The number of hydrogen-bond acceptors (Lipinski definition) is 12. The summed E-state index contributed by atoms with van der Waals surface area (Å²) in [5.74, 6) is -3.19. The lowest BCUT2D eigenvalue weighted by Crippen LogP contribution is -2.60.